The molecule has 0 unspecified atom stereocenters. The first-order valence-electron chi connectivity index (χ1n) is 9.69. The van der Waals surface area contributed by atoms with Crippen LogP contribution in [0.3, 0.4) is 0 Å². The van der Waals surface area contributed by atoms with Gasteiger partial charge in [-0.05, 0) is 61.6 Å². The monoisotopic (exact) mass is 472 g/mol. The Hall–Kier alpha value is -3.23. The van der Waals surface area contributed by atoms with Gasteiger partial charge < -0.3 is 9.47 Å². The predicted molar refractivity (Wildman–Crippen MR) is 108 cm³/mol. The molecule has 0 N–H and O–H groups in total. The molecule has 0 atom stereocenters. The zero-order valence-electron chi connectivity index (χ0n) is 18.0. The minimum Gasteiger partial charge on any atom is -0.429 e. The van der Waals surface area contributed by atoms with Crippen molar-refractivity contribution in [2.24, 2.45) is 0 Å². The molecular weight excluding hydrogens is 453 g/mol. The van der Waals surface area contributed by atoms with E-state index in [9.17, 15) is 30.7 Å². The van der Waals surface area contributed by atoms with E-state index in [0.717, 1.165) is 28.3 Å². The third-order valence-electron chi connectivity index (χ3n) is 4.94. The fourth-order valence-corrected chi connectivity index (χ4v) is 3.79. The quantitative estimate of drug-likeness (QED) is 0.352. The number of rotatable bonds is 5. The normalized spacial score (nSPS) is 12.1. The molecule has 2 nitrogen and oxygen atoms in total. The molecule has 0 fully saturated rings. The summed E-state index contributed by atoms with van der Waals surface area (Å²) >= 11 is 0. The zero-order valence-corrected chi connectivity index (χ0v) is 18.0. The Morgan fingerprint density at radius 2 is 1.21 bits per heavy atom. The van der Waals surface area contributed by atoms with Crippen LogP contribution in [0.2, 0.25) is 0 Å². The molecule has 176 valence electrons. The van der Waals surface area contributed by atoms with E-state index in [2.05, 4.69) is 9.47 Å². The number of ether oxygens (including phenoxy) is 2. The lowest BCUT2D eigenvalue weighted by Gasteiger charge is -2.22. The summed E-state index contributed by atoms with van der Waals surface area (Å²) in [7, 11) is 0. The lowest BCUT2D eigenvalue weighted by atomic mass is 9.92. The molecule has 3 rings (SSSR count). The molecule has 0 aliphatic heterocycles. The van der Waals surface area contributed by atoms with Crippen LogP contribution in [0.15, 0.2) is 42.5 Å². The van der Waals surface area contributed by atoms with Crippen LogP contribution in [0, 0.1) is 39.3 Å². The number of alkyl halides is 5. The molecule has 0 aliphatic carbocycles. The molecular formula is C24H19F7O2. The first-order valence-corrected chi connectivity index (χ1v) is 9.69. The van der Waals surface area contributed by atoms with Crippen molar-refractivity contribution in [2.75, 3.05) is 0 Å². The van der Waals surface area contributed by atoms with Gasteiger partial charge in [0, 0.05) is 12.1 Å². The topological polar surface area (TPSA) is 18.5 Å². The van der Waals surface area contributed by atoms with Gasteiger partial charge in [0.2, 0.25) is 5.75 Å². The SMILES string of the molecule is Cc1cc(C)c(-c2ccc(C(F)(F)Oc3cc(F)c(OC(F)(F)F)c(F)c3)c(C)c2)c(C)c1. The third-order valence-corrected chi connectivity index (χ3v) is 4.94. The molecule has 33 heavy (non-hydrogen) atoms. The van der Waals surface area contributed by atoms with E-state index in [1.54, 1.807) is 6.07 Å². The Labute approximate surface area is 185 Å². The summed E-state index contributed by atoms with van der Waals surface area (Å²) in [5.74, 6) is -6.44. The van der Waals surface area contributed by atoms with Crippen molar-refractivity contribution in [1.29, 1.82) is 0 Å². The van der Waals surface area contributed by atoms with Crippen LogP contribution in [0.1, 0.15) is 27.8 Å². The largest absolute Gasteiger partial charge is 0.573 e. The molecule has 0 aliphatic rings. The number of hydrogen-bond donors (Lipinski definition) is 0. The van der Waals surface area contributed by atoms with Crippen LogP contribution in [-0.4, -0.2) is 6.36 Å². The van der Waals surface area contributed by atoms with Crippen LogP contribution in [0.4, 0.5) is 30.7 Å². The number of benzene rings is 3. The first kappa shape index (κ1) is 24.4. The predicted octanol–water partition coefficient (Wildman–Crippen LogP) is 7.89. The van der Waals surface area contributed by atoms with Gasteiger partial charge in [0.25, 0.3) is 0 Å². The summed E-state index contributed by atoms with van der Waals surface area (Å²) in [5.41, 5.74) is 4.18. The molecule has 0 spiro atoms. The lowest BCUT2D eigenvalue weighted by molar-refractivity contribution is -0.276. The maximum atomic E-state index is 14.8. The van der Waals surface area contributed by atoms with Crippen molar-refractivity contribution in [3.8, 4) is 22.6 Å². The first-order chi connectivity index (χ1) is 15.2. The number of aryl methyl sites for hydroxylation is 4. The maximum absolute atomic E-state index is 14.8. The van der Waals surface area contributed by atoms with Gasteiger partial charge in [-0.15, -0.1) is 13.2 Å². The molecule has 3 aromatic rings. The summed E-state index contributed by atoms with van der Waals surface area (Å²) < 4.78 is 102. The highest BCUT2D eigenvalue weighted by molar-refractivity contribution is 5.72. The standard InChI is InChI=1S/C24H19F7O2/c1-12-7-14(3)21(15(4)8-12)16-5-6-18(13(2)9-16)23(27,28)32-17-10-19(25)22(20(26)11-17)33-24(29,30)31/h5-11H,1-4H3. The highest BCUT2D eigenvalue weighted by atomic mass is 19.4. The van der Waals surface area contributed by atoms with Gasteiger partial charge in [-0.2, -0.15) is 8.78 Å². The molecule has 3 aromatic carbocycles. The van der Waals surface area contributed by atoms with E-state index in [1.165, 1.54) is 13.0 Å². The van der Waals surface area contributed by atoms with Gasteiger partial charge >= 0.3 is 12.5 Å². The summed E-state index contributed by atoms with van der Waals surface area (Å²) in [6.45, 7) is 7.19. The zero-order chi connectivity index (χ0) is 24.7. The van der Waals surface area contributed by atoms with Crippen LogP contribution < -0.4 is 9.47 Å². The molecule has 0 saturated carbocycles. The summed E-state index contributed by atoms with van der Waals surface area (Å²) in [6, 6.07) is 8.49. The van der Waals surface area contributed by atoms with Gasteiger partial charge in [0.05, 0.1) is 5.56 Å². The Morgan fingerprint density at radius 1 is 0.667 bits per heavy atom. The average molecular weight is 472 g/mol. The van der Waals surface area contributed by atoms with E-state index in [-0.39, 0.29) is 17.7 Å². The van der Waals surface area contributed by atoms with Crippen molar-refractivity contribution in [2.45, 2.75) is 40.2 Å². The second-order valence-electron chi connectivity index (χ2n) is 7.69. The van der Waals surface area contributed by atoms with E-state index < -0.39 is 41.2 Å². The third kappa shape index (κ3) is 5.40. The van der Waals surface area contributed by atoms with E-state index in [1.807, 2.05) is 32.9 Å². The fourth-order valence-electron chi connectivity index (χ4n) is 3.79. The highest BCUT2D eigenvalue weighted by Crippen LogP contribution is 2.39. The lowest BCUT2D eigenvalue weighted by Crippen LogP contribution is -2.23. The molecule has 0 bridgehead atoms. The van der Waals surface area contributed by atoms with E-state index >= 15 is 0 Å². The molecule has 0 heterocycles. The summed E-state index contributed by atoms with van der Waals surface area (Å²) in [5, 5.41) is 0. The Morgan fingerprint density at radius 3 is 1.70 bits per heavy atom. The van der Waals surface area contributed by atoms with Gasteiger partial charge in [-0.25, -0.2) is 8.78 Å². The average Bonchev–Trinajstić information content (AvgIpc) is 2.62. The summed E-state index contributed by atoms with van der Waals surface area (Å²) in [6.07, 6.45) is -9.38. The molecule has 0 amide bonds. The molecule has 0 radical (unpaired) electrons. The van der Waals surface area contributed by atoms with Gasteiger partial charge in [0.1, 0.15) is 5.75 Å². The van der Waals surface area contributed by atoms with Gasteiger partial charge in [-0.1, -0.05) is 29.8 Å². The smallest absolute Gasteiger partial charge is 0.429 e. The van der Waals surface area contributed by atoms with E-state index in [4.69, 9.17) is 0 Å². The Bertz CT molecular complexity index is 1150. The number of halogens is 7. The number of hydrogen-bond acceptors (Lipinski definition) is 2. The Balaban J connectivity index is 1.93. The van der Waals surface area contributed by atoms with Crippen LogP contribution in [0.5, 0.6) is 11.5 Å². The van der Waals surface area contributed by atoms with Crippen molar-refractivity contribution in [1.82, 2.24) is 0 Å². The maximum Gasteiger partial charge on any atom is 0.573 e. The minimum absolute atomic E-state index is 0.148. The molecule has 0 saturated heterocycles. The van der Waals surface area contributed by atoms with Crippen LogP contribution in [0.25, 0.3) is 11.1 Å². The van der Waals surface area contributed by atoms with Gasteiger partial charge in [-0.3, -0.25) is 0 Å². The summed E-state index contributed by atoms with van der Waals surface area (Å²) in [4.78, 5) is 0. The van der Waals surface area contributed by atoms with Gasteiger partial charge in [0.15, 0.2) is 11.6 Å². The van der Waals surface area contributed by atoms with E-state index in [0.29, 0.717) is 5.56 Å². The minimum atomic E-state index is -5.36. The fraction of sp³-hybridized carbons (Fsp3) is 0.250. The van der Waals surface area contributed by atoms with Crippen LogP contribution >= 0.6 is 0 Å². The molecule has 0 aromatic heterocycles. The second-order valence-corrected chi connectivity index (χ2v) is 7.69. The van der Waals surface area contributed by atoms with Crippen molar-refractivity contribution in [3.05, 3.63) is 81.9 Å². The Kier molecular flexibility index (Phi) is 6.37. The van der Waals surface area contributed by atoms with Crippen molar-refractivity contribution in [3.63, 3.8) is 0 Å². The van der Waals surface area contributed by atoms with Crippen molar-refractivity contribution >= 4 is 0 Å². The van der Waals surface area contributed by atoms with Crippen LogP contribution in [-0.2, 0) is 6.11 Å². The second kappa shape index (κ2) is 8.61. The molecule has 9 heteroatoms. The van der Waals surface area contributed by atoms with Crippen molar-refractivity contribution < 1.29 is 40.2 Å². The highest BCUT2D eigenvalue weighted by Gasteiger charge is 2.38.